The van der Waals surface area contributed by atoms with E-state index in [1.165, 1.54) is 0 Å². The van der Waals surface area contributed by atoms with Crippen molar-refractivity contribution in [1.29, 1.82) is 0 Å². The van der Waals surface area contributed by atoms with Gasteiger partial charge < -0.3 is 23.4 Å². The summed E-state index contributed by atoms with van der Waals surface area (Å²) in [5.74, 6) is -0.357. The minimum Gasteiger partial charge on any atom is -0.413 e. The maximum absolute atomic E-state index is 11.7. The maximum atomic E-state index is 11.7. The highest BCUT2D eigenvalue weighted by atomic mass is 28.4. The van der Waals surface area contributed by atoms with E-state index in [1.807, 2.05) is 6.92 Å². The highest BCUT2D eigenvalue weighted by Crippen LogP contribution is 2.43. The molecule has 190 valence electrons. The average Bonchev–Trinajstić information content (AvgIpc) is 3.12. The molecule has 0 aliphatic carbocycles. The van der Waals surface area contributed by atoms with E-state index in [-0.39, 0.29) is 11.0 Å². The standard InChI is InChI=1S/C25H52O5Si2/c1-17(2)22(24-27-14-15-28-24)23(26)21(30-31(12,13)25(9,10)11)16-29-32(18(3)4,19(5)6)20(7)8/h18-24,26H,1,14-16H2,2-13H3/t21-,22+,23+/m1/s1. The zero-order chi connectivity index (χ0) is 25.1. The molecule has 5 nitrogen and oxygen atoms in total. The number of rotatable bonds is 12. The van der Waals surface area contributed by atoms with Gasteiger partial charge in [-0.05, 0) is 41.7 Å². The Balaban J connectivity index is 3.31. The third-order valence-corrected chi connectivity index (χ3v) is 18.3. The van der Waals surface area contributed by atoms with E-state index in [9.17, 15) is 5.11 Å². The first-order valence-electron chi connectivity index (χ1n) is 12.4. The van der Waals surface area contributed by atoms with Crippen molar-refractivity contribution in [3.05, 3.63) is 12.2 Å². The normalized spacial score (nSPS) is 19.8. The Bertz CT molecular complexity index is 570. The largest absolute Gasteiger partial charge is 0.413 e. The lowest BCUT2D eigenvalue weighted by Gasteiger charge is -2.46. The number of aliphatic hydroxyl groups excluding tert-OH is 1. The van der Waals surface area contributed by atoms with E-state index in [0.717, 1.165) is 5.57 Å². The molecule has 32 heavy (non-hydrogen) atoms. The van der Waals surface area contributed by atoms with E-state index in [1.54, 1.807) is 0 Å². The second-order valence-corrected chi connectivity index (χ2v) is 22.2. The molecular formula is C25H52O5Si2. The van der Waals surface area contributed by atoms with E-state index < -0.39 is 35.1 Å². The van der Waals surface area contributed by atoms with Crippen LogP contribution in [0.15, 0.2) is 12.2 Å². The van der Waals surface area contributed by atoms with Crippen LogP contribution in [0.1, 0.15) is 69.2 Å². The highest BCUT2D eigenvalue weighted by molar-refractivity contribution is 6.77. The third-order valence-electron chi connectivity index (χ3n) is 7.72. The molecular weight excluding hydrogens is 436 g/mol. The minimum absolute atomic E-state index is 0.0205. The number of aliphatic hydroxyl groups is 1. The van der Waals surface area contributed by atoms with Crippen LogP contribution < -0.4 is 0 Å². The highest BCUT2D eigenvalue weighted by Gasteiger charge is 2.48. The fraction of sp³-hybridized carbons (Fsp3) is 0.920. The fourth-order valence-corrected chi connectivity index (χ4v) is 11.8. The molecule has 1 aliphatic rings. The van der Waals surface area contributed by atoms with Crippen molar-refractivity contribution >= 4 is 16.6 Å². The molecule has 1 heterocycles. The quantitative estimate of drug-likeness (QED) is 0.251. The molecule has 1 fully saturated rings. The topological polar surface area (TPSA) is 57.2 Å². The summed E-state index contributed by atoms with van der Waals surface area (Å²) in [6.07, 6.45) is -1.77. The van der Waals surface area contributed by atoms with Crippen LogP contribution in [0.2, 0.25) is 34.8 Å². The van der Waals surface area contributed by atoms with E-state index in [0.29, 0.717) is 36.4 Å². The molecule has 3 atom stereocenters. The summed E-state index contributed by atoms with van der Waals surface area (Å²) in [5.41, 5.74) is 2.23. The van der Waals surface area contributed by atoms with Gasteiger partial charge in [-0.1, -0.05) is 74.5 Å². The molecule has 0 aromatic carbocycles. The molecule has 7 heteroatoms. The third kappa shape index (κ3) is 6.77. The summed E-state index contributed by atoms with van der Waals surface area (Å²) >= 11 is 0. The lowest BCUT2D eigenvalue weighted by Crippen LogP contribution is -2.55. The molecule has 1 saturated heterocycles. The van der Waals surface area contributed by atoms with Gasteiger partial charge in [0.2, 0.25) is 0 Å². The van der Waals surface area contributed by atoms with Gasteiger partial charge in [0.25, 0.3) is 0 Å². The van der Waals surface area contributed by atoms with Gasteiger partial charge in [0.15, 0.2) is 22.9 Å². The van der Waals surface area contributed by atoms with Crippen LogP contribution in [0.3, 0.4) is 0 Å². The van der Waals surface area contributed by atoms with Crippen LogP contribution in [-0.2, 0) is 18.3 Å². The van der Waals surface area contributed by atoms with Crippen molar-refractivity contribution in [3.8, 4) is 0 Å². The Morgan fingerprint density at radius 2 is 1.44 bits per heavy atom. The molecule has 1 rings (SSSR count). The molecule has 0 radical (unpaired) electrons. The molecule has 0 unspecified atom stereocenters. The fourth-order valence-electron chi connectivity index (χ4n) is 4.98. The van der Waals surface area contributed by atoms with Gasteiger partial charge in [-0.2, -0.15) is 0 Å². The monoisotopic (exact) mass is 488 g/mol. The average molecular weight is 489 g/mol. The summed E-state index contributed by atoms with van der Waals surface area (Å²) < 4.78 is 25.3. The first-order chi connectivity index (χ1) is 14.5. The first-order valence-corrected chi connectivity index (χ1v) is 17.4. The number of hydrogen-bond donors (Lipinski definition) is 1. The zero-order valence-electron chi connectivity index (χ0n) is 23.0. The van der Waals surface area contributed by atoms with Gasteiger partial charge in [0.1, 0.15) is 0 Å². The van der Waals surface area contributed by atoms with Crippen LogP contribution >= 0.6 is 0 Å². The van der Waals surface area contributed by atoms with E-state index in [2.05, 4.69) is 82.0 Å². The molecule has 1 N–H and O–H groups in total. The van der Waals surface area contributed by atoms with Gasteiger partial charge in [0.05, 0.1) is 37.9 Å². The van der Waals surface area contributed by atoms with Crippen molar-refractivity contribution < 1.29 is 23.4 Å². The predicted octanol–water partition coefficient (Wildman–Crippen LogP) is 6.50. The Morgan fingerprint density at radius 1 is 1.00 bits per heavy atom. The van der Waals surface area contributed by atoms with Crippen molar-refractivity contribution in [2.45, 2.75) is 122 Å². The van der Waals surface area contributed by atoms with Crippen molar-refractivity contribution in [3.63, 3.8) is 0 Å². The molecule has 0 aromatic rings. The molecule has 0 bridgehead atoms. The molecule has 0 saturated carbocycles. The minimum atomic E-state index is -2.16. The lowest BCUT2D eigenvalue weighted by molar-refractivity contribution is -0.129. The summed E-state index contributed by atoms with van der Waals surface area (Å²) in [5, 5.41) is 11.7. The van der Waals surface area contributed by atoms with Crippen LogP contribution in [0, 0.1) is 5.92 Å². The first kappa shape index (κ1) is 30.0. The summed E-state index contributed by atoms with van der Waals surface area (Å²) in [6, 6.07) is 0. The molecule has 0 aromatic heterocycles. The number of hydrogen-bond acceptors (Lipinski definition) is 5. The van der Waals surface area contributed by atoms with Gasteiger partial charge in [0, 0.05) is 0 Å². The van der Waals surface area contributed by atoms with Gasteiger partial charge >= 0.3 is 0 Å². The van der Waals surface area contributed by atoms with E-state index in [4.69, 9.17) is 18.3 Å². The Labute approximate surface area is 200 Å². The Kier molecular flexibility index (Phi) is 10.9. The SMILES string of the molecule is C=C(C)[C@H](C1OCCO1)[C@@H](O)[C@@H](CO[Si](C(C)C)(C(C)C)C(C)C)O[Si](C)(C)C(C)(C)C. The van der Waals surface area contributed by atoms with Crippen LogP contribution in [-0.4, -0.2) is 60.1 Å². The predicted molar refractivity (Wildman–Crippen MR) is 139 cm³/mol. The van der Waals surface area contributed by atoms with E-state index >= 15 is 0 Å². The van der Waals surface area contributed by atoms with Gasteiger partial charge in [-0.15, -0.1) is 0 Å². The zero-order valence-corrected chi connectivity index (χ0v) is 25.0. The lowest BCUT2D eigenvalue weighted by atomic mass is 9.91. The Morgan fingerprint density at radius 3 is 1.78 bits per heavy atom. The van der Waals surface area contributed by atoms with Crippen LogP contribution in [0.4, 0.5) is 0 Å². The number of ether oxygens (including phenoxy) is 2. The van der Waals surface area contributed by atoms with Crippen LogP contribution in [0.5, 0.6) is 0 Å². The molecule has 0 spiro atoms. The van der Waals surface area contributed by atoms with Crippen molar-refractivity contribution in [1.82, 2.24) is 0 Å². The molecule has 0 amide bonds. The van der Waals surface area contributed by atoms with Gasteiger partial charge in [-0.25, -0.2) is 0 Å². The summed E-state index contributed by atoms with van der Waals surface area (Å²) in [4.78, 5) is 0. The summed E-state index contributed by atoms with van der Waals surface area (Å²) in [6.45, 7) is 32.3. The van der Waals surface area contributed by atoms with Crippen molar-refractivity contribution in [2.75, 3.05) is 19.8 Å². The molecule has 1 aliphatic heterocycles. The second kappa shape index (κ2) is 11.6. The van der Waals surface area contributed by atoms with Crippen molar-refractivity contribution in [2.24, 2.45) is 5.92 Å². The van der Waals surface area contributed by atoms with Crippen LogP contribution in [0.25, 0.3) is 0 Å². The Hall–Kier alpha value is -0.0262. The maximum Gasteiger partial charge on any atom is 0.200 e. The second-order valence-electron chi connectivity index (χ2n) is 12.0. The van der Waals surface area contributed by atoms with Gasteiger partial charge in [-0.3, -0.25) is 0 Å². The summed E-state index contributed by atoms with van der Waals surface area (Å²) in [7, 11) is -4.28. The smallest absolute Gasteiger partial charge is 0.200 e.